The van der Waals surface area contributed by atoms with Crippen molar-refractivity contribution < 1.29 is 14.7 Å². The maximum absolute atomic E-state index is 12.6. The predicted molar refractivity (Wildman–Crippen MR) is 109 cm³/mol. The van der Waals surface area contributed by atoms with Crippen LogP contribution in [-0.4, -0.2) is 46.6 Å². The number of rotatable bonds is 3. The third-order valence-corrected chi connectivity index (χ3v) is 5.48. The molecule has 2 aliphatic rings. The van der Waals surface area contributed by atoms with E-state index in [1.807, 2.05) is 11.0 Å². The van der Waals surface area contributed by atoms with Gasteiger partial charge in [-0.3, -0.25) is 9.59 Å². The number of nitrogens with one attached hydrogen (secondary N) is 1. The number of hydrogen-bond acceptors (Lipinski definition) is 3. The standard InChI is InChI=1S/C23H30N2O3/c1-23(2,28)13-10-17-6-5-9-19(16-17)21(26)24-20-11-14-25(15-12-20)22(27)18-7-3-4-8-18/h5-6,9,16,18,20,28H,3-4,7-8,11-12,14-15H2,1-2H3,(H,24,26). The summed E-state index contributed by atoms with van der Waals surface area (Å²) in [5, 5.41) is 12.8. The number of amides is 2. The first-order valence-corrected chi connectivity index (χ1v) is 10.3. The van der Waals surface area contributed by atoms with Crippen LogP contribution in [-0.2, 0) is 4.79 Å². The van der Waals surface area contributed by atoms with Crippen molar-refractivity contribution in [1.82, 2.24) is 10.2 Å². The zero-order chi connectivity index (χ0) is 20.1. The number of nitrogens with zero attached hydrogens (tertiary/aromatic N) is 1. The van der Waals surface area contributed by atoms with E-state index in [9.17, 15) is 14.7 Å². The number of likely N-dealkylation sites (tertiary alicyclic amines) is 1. The minimum Gasteiger partial charge on any atom is -0.378 e. The molecule has 1 saturated carbocycles. The predicted octanol–water partition coefficient (Wildman–Crippen LogP) is 2.72. The largest absolute Gasteiger partial charge is 0.378 e. The molecule has 2 amide bonds. The van der Waals surface area contributed by atoms with Crippen molar-refractivity contribution in [2.24, 2.45) is 5.92 Å². The molecule has 2 N–H and O–H groups in total. The van der Waals surface area contributed by atoms with Gasteiger partial charge in [0.05, 0.1) is 0 Å². The lowest BCUT2D eigenvalue weighted by molar-refractivity contribution is -0.136. The van der Waals surface area contributed by atoms with Crippen molar-refractivity contribution in [1.29, 1.82) is 0 Å². The molecule has 1 heterocycles. The van der Waals surface area contributed by atoms with Crippen molar-refractivity contribution in [3.05, 3.63) is 35.4 Å². The molecule has 1 aromatic rings. The van der Waals surface area contributed by atoms with Gasteiger partial charge in [-0.05, 0) is 57.7 Å². The molecule has 1 aliphatic carbocycles. The highest BCUT2D eigenvalue weighted by molar-refractivity contribution is 5.94. The van der Waals surface area contributed by atoms with Gasteiger partial charge in [0.15, 0.2) is 0 Å². The van der Waals surface area contributed by atoms with Gasteiger partial charge in [0.1, 0.15) is 5.60 Å². The second-order valence-corrected chi connectivity index (χ2v) is 8.44. The Morgan fingerprint density at radius 3 is 2.46 bits per heavy atom. The summed E-state index contributed by atoms with van der Waals surface area (Å²) < 4.78 is 0. The summed E-state index contributed by atoms with van der Waals surface area (Å²) in [6.45, 7) is 4.69. The van der Waals surface area contributed by atoms with Gasteiger partial charge in [-0.1, -0.05) is 30.7 Å². The summed E-state index contributed by atoms with van der Waals surface area (Å²) in [5.41, 5.74) is 0.195. The van der Waals surface area contributed by atoms with Crippen molar-refractivity contribution in [3.8, 4) is 11.8 Å². The summed E-state index contributed by atoms with van der Waals surface area (Å²) in [5.74, 6) is 6.07. The Morgan fingerprint density at radius 1 is 1.14 bits per heavy atom. The van der Waals surface area contributed by atoms with Gasteiger partial charge in [0, 0.05) is 36.2 Å². The van der Waals surface area contributed by atoms with E-state index in [0.29, 0.717) is 17.0 Å². The quantitative estimate of drug-likeness (QED) is 0.790. The number of carbonyl (C=O) groups is 2. The molecule has 2 fully saturated rings. The summed E-state index contributed by atoms with van der Waals surface area (Å²) >= 11 is 0. The number of piperidine rings is 1. The van der Waals surface area contributed by atoms with Crippen LogP contribution in [0.1, 0.15) is 68.3 Å². The molecule has 0 unspecified atom stereocenters. The fourth-order valence-corrected chi connectivity index (χ4v) is 3.91. The number of benzene rings is 1. The van der Waals surface area contributed by atoms with Crippen molar-refractivity contribution >= 4 is 11.8 Å². The summed E-state index contributed by atoms with van der Waals surface area (Å²) in [6.07, 6.45) is 5.99. The molecule has 0 radical (unpaired) electrons. The van der Waals surface area contributed by atoms with E-state index in [1.165, 1.54) is 12.8 Å². The van der Waals surface area contributed by atoms with E-state index < -0.39 is 5.60 Å². The van der Waals surface area contributed by atoms with E-state index in [1.54, 1.807) is 32.0 Å². The third-order valence-electron chi connectivity index (χ3n) is 5.48. The van der Waals surface area contributed by atoms with Crippen LogP contribution in [0, 0.1) is 17.8 Å². The smallest absolute Gasteiger partial charge is 0.251 e. The zero-order valence-corrected chi connectivity index (χ0v) is 16.8. The van der Waals surface area contributed by atoms with Crippen LogP contribution in [0.5, 0.6) is 0 Å². The molecule has 5 nitrogen and oxygen atoms in total. The monoisotopic (exact) mass is 382 g/mol. The molecule has 0 spiro atoms. The lowest BCUT2D eigenvalue weighted by Gasteiger charge is -2.34. The van der Waals surface area contributed by atoms with Crippen LogP contribution in [0.15, 0.2) is 24.3 Å². The molecular formula is C23H30N2O3. The Hall–Kier alpha value is -2.32. The lowest BCUT2D eigenvalue weighted by atomic mass is 10.0. The van der Waals surface area contributed by atoms with Crippen LogP contribution < -0.4 is 5.32 Å². The lowest BCUT2D eigenvalue weighted by Crippen LogP contribution is -2.47. The summed E-state index contributed by atoms with van der Waals surface area (Å²) in [6, 6.07) is 7.22. The maximum atomic E-state index is 12.6. The average molecular weight is 383 g/mol. The number of carbonyl (C=O) groups excluding carboxylic acids is 2. The highest BCUT2D eigenvalue weighted by atomic mass is 16.3. The van der Waals surface area contributed by atoms with E-state index in [4.69, 9.17) is 0 Å². The van der Waals surface area contributed by atoms with Gasteiger partial charge in [-0.15, -0.1) is 0 Å². The molecule has 5 heteroatoms. The number of hydrogen-bond donors (Lipinski definition) is 2. The van der Waals surface area contributed by atoms with Gasteiger partial charge in [-0.2, -0.15) is 0 Å². The SMILES string of the molecule is CC(C)(O)C#Cc1cccc(C(=O)NC2CCN(C(=O)C3CCCC3)CC2)c1. The van der Waals surface area contributed by atoms with E-state index in [-0.39, 0.29) is 17.9 Å². The van der Waals surface area contributed by atoms with E-state index >= 15 is 0 Å². The zero-order valence-electron chi connectivity index (χ0n) is 16.8. The second kappa shape index (κ2) is 8.79. The molecule has 0 aromatic heterocycles. The van der Waals surface area contributed by atoms with Crippen molar-refractivity contribution in [3.63, 3.8) is 0 Å². The van der Waals surface area contributed by atoms with Gasteiger partial charge in [0.2, 0.25) is 5.91 Å². The minimum atomic E-state index is -1.07. The highest BCUT2D eigenvalue weighted by Gasteiger charge is 2.30. The van der Waals surface area contributed by atoms with E-state index in [0.717, 1.165) is 38.8 Å². The first kappa shape index (κ1) is 20.4. The van der Waals surface area contributed by atoms with Crippen LogP contribution in [0.4, 0.5) is 0 Å². The second-order valence-electron chi connectivity index (χ2n) is 8.44. The fourth-order valence-electron chi connectivity index (χ4n) is 3.91. The topological polar surface area (TPSA) is 69.6 Å². The molecule has 150 valence electrons. The Labute approximate surface area is 167 Å². The van der Waals surface area contributed by atoms with Gasteiger partial charge < -0.3 is 15.3 Å². The molecule has 0 atom stereocenters. The van der Waals surface area contributed by atoms with Crippen LogP contribution >= 0.6 is 0 Å². The van der Waals surface area contributed by atoms with Crippen LogP contribution in [0.25, 0.3) is 0 Å². The van der Waals surface area contributed by atoms with Gasteiger partial charge in [-0.25, -0.2) is 0 Å². The molecule has 0 bridgehead atoms. The Morgan fingerprint density at radius 2 is 1.82 bits per heavy atom. The first-order valence-electron chi connectivity index (χ1n) is 10.3. The Bertz CT molecular complexity index is 771. The minimum absolute atomic E-state index is 0.0891. The van der Waals surface area contributed by atoms with Crippen LogP contribution in [0.2, 0.25) is 0 Å². The Kier molecular flexibility index (Phi) is 6.41. The average Bonchev–Trinajstić information content (AvgIpc) is 3.21. The molecule has 1 aliphatic heterocycles. The van der Waals surface area contributed by atoms with Crippen LogP contribution in [0.3, 0.4) is 0 Å². The summed E-state index contributed by atoms with van der Waals surface area (Å²) in [7, 11) is 0. The normalized spacial score (nSPS) is 18.5. The highest BCUT2D eigenvalue weighted by Crippen LogP contribution is 2.27. The molecule has 28 heavy (non-hydrogen) atoms. The Balaban J connectivity index is 1.53. The number of aliphatic hydroxyl groups is 1. The first-order chi connectivity index (χ1) is 13.3. The van der Waals surface area contributed by atoms with Gasteiger partial charge in [0.25, 0.3) is 5.91 Å². The summed E-state index contributed by atoms with van der Waals surface area (Å²) in [4.78, 5) is 27.1. The molecule has 3 rings (SSSR count). The maximum Gasteiger partial charge on any atom is 0.251 e. The van der Waals surface area contributed by atoms with Gasteiger partial charge >= 0.3 is 0 Å². The molecule has 1 saturated heterocycles. The fraction of sp³-hybridized carbons (Fsp3) is 0.565. The molecular weight excluding hydrogens is 352 g/mol. The van der Waals surface area contributed by atoms with Crippen molar-refractivity contribution in [2.75, 3.05) is 13.1 Å². The van der Waals surface area contributed by atoms with Crippen molar-refractivity contribution in [2.45, 2.75) is 64.0 Å². The van der Waals surface area contributed by atoms with E-state index in [2.05, 4.69) is 17.2 Å². The molecule has 1 aromatic carbocycles. The third kappa shape index (κ3) is 5.59.